The molecular weight excluding hydrogens is 184 g/mol. The van der Waals surface area contributed by atoms with Crippen LogP contribution >= 0.6 is 0 Å². The third-order valence-corrected chi connectivity index (χ3v) is 2.31. The highest BCUT2D eigenvalue weighted by Gasteiger charge is 2.19. The molecular formula is C8H12N4O2. The minimum Gasteiger partial charge on any atom is -0.464 e. The van der Waals surface area contributed by atoms with E-state index in [-0.39, 0.29) is 5.69 Å². The highest BCUT2D eigenvalue weighted by atomic mass is 16.5. The highest BCUT2D eigenvalue weighted by Crippen LogP contribution is 2.13. The van der Waals surface area contributed by atoms with Gasteiger partial charge in [0.15, 0.2) is 5.69 Å². The lowest BCUT2D eigenvalue weighted by Gasteiger charge is -2.05. The average Bonchev–Trinajstić information content (AvgIpc) is 2.86. The van der Waals surface area contributed by atoms with Gasteiger partial charge in [0.05, 0.1) is 19.3 Å². The Morgan fingerprint density at radius 3 is 3.29 bits per heavy atom. The van der Waals surface area contributed by atoms with E-state index in [0.29, 0.717) is 6.04 Å². The van der Waals surface area contributed by atoms with Crippen molar-refractivity contribution in [2.45, 2.75) is 12.5 Å². The average molecular weight is 196 g/mol. The highest BCUT2D eigenvalue weighted by molar-refractivity contribution is 5.86. The molecule has 76 valence electrons. The Labute approximate surface area is 81.2 Å². The summed E-state index contributed by atoms with van der Waals surface area (Å²) in [6.45, 7) is 1.86. The number of carbonyl (C=O) groups is 1. The van der Waals surface area contributed by atoms with Gasteiger partial charge >= 0.3 is 5.97 Å². The normalized spacial score (nSPS) is 21.1. The van der Waals surface area contributed by atoms with Crippen molar-refractivity contribution in [3.8, 4) is 0 Å². The number of hydrogen-bond donors (Lipinski definition) is 1. The summed E-state index contributed by atoms with van der Waals surface area (Å²) in [7, 11) is 1.33. The Balaban J connectivity index is 2.12. The first kappa shape index (κ1) is 9.14. The standard InChI is InChI=1S/C8H12N4O2/c1-14-8(13)7-5-12(11-10-7)6-2-3-9-4-6/h5-6,9H,2-4H2,1H3/t6-/m1/s1. The van der Waals surface area contributed by atoms with Gasteiger partial charge in [-0.05, 0) is 13.0 Å². The minimum atomic E-state index is -0.442. The molecule has 0 aliphatic carbocycles. The zero-order valence-electron chi connectivity index (χ0n) is 7.93. The zero-order valence-corrected chi connectivity index (χ0v) is 7.93. The van der Waals surface area contributed by atoms with Crippen molar-refractivity contribution >= 4 is 5.97 Å². The van der Waals surface area contributed by atoms with Crippen LogP contribution in [0.1, 0.15) is 23.0 Å². The minimum absolute atomic E-state index is 0.263. The van der Waals surface area contributed by atoms with Crippen LogP contribution in [0.5, 0.6) is 0 Å². The van der Waals surface area contributed by atoms with Crippen LogP contribution in [0.25, 0.3) is 0 Å². The predicted molar refractivity (Wildman–Crippen MR) is 47.9 cm³/mol. The third-order valence-electron chi connectivity index (χ3n) is 2.31. The number of carbonyl (C=O) groups excluding carboxylic acids is 1. The van der Waals surface area contributed by atoms with Crippen LogP contribution in [-0.4, -0.2) is 41.2 Å². The van der Waals surface area contributed by atoms with E-state index in [2.05, 4.69) is 20.4 Å². The fraction of sp³-hybridized carbons (Fsp3) is 0.625. The Morgan fingerprint density at radius 1 is 1.79 bits per heavy atom. The molecule has 0 bridgehead atoms. The molecule has 1 aliphatic rings. The molecule has 1 atom stereocenters. The largest absolute Gasteiger partial charge is 0.464 e. The molecule has 2 heterocycles. The predicted octanol–water partition coefficient (Wildman–Crippen LogP) is -0.401. The second kappa shape index (κ2) is 3.75. The molecule has 1 aromatic rings. The van der Waals surface area contributed by atoms with Crippen molar-refractivity contribution in [3.05, 3.63) is 11.9 Å². The molecule has 0 radical (unpaired) electrons. The van der Waals surface area contributed by atoms with Gasteiger partial charge < -0.3 is 10.1 Å². The van der Waals surface area contributed by atoms with E-state index in [1.54, 1.807) is 10.9 Å². The molecule has 6 nitrogen and oxygen atoms in total. The second-order valence-corrected chi connectivity index (χ2v) is 3.22. The number of esters is 1. The lowest BCUT2D eigenvalue weighted by atomic mass is 10.3. The molecule has 14 heavy (non-hydrogen) atoms. The Hall–Kier alpha value is -1.43. The Morgan fingerprint density at radius 2 is 2.64 bits per heavy atom. The van der Waals surface area contributed by atoms with E-state index >= 15 is 0 Å². The molecule has 2 rings (SSSR count). The van der Waals surface area contributed by atoms with Gasteiger partial charge in [0.2, 0.25) is 0 Å². The van der Waals surface area contributed by atoms with E-state index in [1.165, 1.54) is 7.11 Å². The van der Waals surface area contributed by atoms with Crippen molar-refractivity contribution in [2.75, 3.05) is 20.2 Å². The van der Waals surface area contributed by atoms with E-state index in [9.17, 15) is 4.79 Å². The van der Waals surface area contributed by atoms with Gasteiger partial charge in [-0.2, -0.15) is 0 Å². The number of hydrogen-bond acceptors (Lipinski definition) is 5. The molecule has 1 aromatic heterocycles. The third kappa shape index (κ3) is 1.60. The molecule has 0 aromatic carbocycles. The van der Waals surface area contributed by atoms with E-state index in [0.717, 1.165) is 19.5 Å². The van der Waals surface area contributed by atoms with Crippen LogP contribution in [-0.2, 0) is 4.74 Å². The van der Waals surface area contributed by atoms with Gasteiger partial charge in [-0.25, -0.2) is 9.48 Å². The van der Waals surface area contributed by atoms with Crippen LogP contribution in [0.2, 0.25) is 0 Å². The number of nitrogens with one attached hydrogen (secondary N) is 1. The summed E-state index contributed by atoms with van der Waals surface area (Å²) in [5.74, 6) is -0.442. The molecule has 1 aliphatic heterocycles. The summed E-state index contributed by atoms with van der Waals surface area (Å²) >= 11 is 0. The van der Waals surface area contributed by atoms with Crippen LogP contribution in [0, 0.1) is 0 Å². The maximum Gasteiger partial charge on any atom is 0.360 e. The summed E-state index contributed by atoms with van der Waals surface area (Å²) in [5, 5.41) is 10.9. The van der Waals surface area contributed by atoms with Crippen molar-refractivity contribution in [1.82, 2.24) is 20.3 Å². The SMILES string of the molecule is COC(=O)c1cn([C@@H]2CCNC2)nn1. The molecule has 1 fully saturated rings. The molecule has 0 unspecified atom stereocenters. The summed E-state index contributed by atoms with van der Waals surface area (Å²) in [4.78, 5) is 11.1. The maximum absolute atomic E-state index is 11.1. The van der Waals surface area contributed by atoms with Crippen molar-refractivity contribution in [2.24, 2.45) is 0 Å². The smallest absolute Gasteiger partial charge is 0.360 e. The van der Waals surface area contributed by atoms with Gasteiger partial charge in [-0.1, -0.05) is 5.21 Å². The first-order valence-corrected chi connectivity index (χ1v) is 4.52. The first-order valence-electron chi connectivity index (χ1n) is 4.52. The summed E-state index contributed by atoms with van der Waals surface area (Å²) < 4.78 is 6.26. The number of rotatable bonds is 2. The number of ether oxygens (including phenoxy) is 1. The van der Waals surface area contributed by atoms with Crippen LogP contribution < -0.4 is 5.32 Å². The van der Waals surface area contributed by atoms with Gasteiger partial charge in [0.1, 0.15) is 0 Å². The monoisotopic (exact) mass is 196 g/mol. The van der Waals surface area contributed by atoms with Gasteiger partial charge in [0, 0.05) is 6.54 Å². The molecule has 0 saturated carbocycles. The van der Waals surface area contributed by atoms with Gasteiger partial charge in [-0.3, -0.25) is 0 Å². The van der Waals surface area contributed by atoms with Gasteiger partial charge in [0.25, 0.3) is 0 Å². The topological polar surface area (TPSA) is 69.0 Å². The fourth-order valence-corrected chi connectivity index (χ4v) is 1.52. The lowest BCUT2D eigenvalue weighted by Crippen LogP contribution is -2.13. The maximum atomic E-state index is 11.1. The summed E-state index contributed by atoms with van der Waals surface area (Å²) in [5.41, 5.74) is 0.263. The summed E-state index contributed by atoms with van der Waals surface area (Å²) in [6.07, 6.45) is 2.65. The Kier molecular flexibility index (Phi) is 2.45. The van der Waals surface area contributed by atoms with Crippen molar-refractivity contribution < 1.29 is 9.53 Å². The van der Waals surface area contributed by atoms with E-state index in [1.807, 2.05) is 0 Å². The van der Waals surface area contributed by atoms with Crippen LogP contribution in [0.15, 0.2) is 6.20 Å². The lowest BCUT2D eigenvalue weighted by molar-refractivity contribution is 0.0594. The van der Waals surface area contributed by atoms with E-state index in [4.69, 9.17) is 0 Å². The van der Waals surface area contributed by atoms with E-state index < -0.39 is 5.97 Å². The molecule has 1 saturated heterocycles. The first-order chi connectivity index (χ1) is 6.81. The van der Waals surface area contributed by atoms with Crippen molar-refractivity contribution in [1.29, 1.82) is 0 Å². The van der Waals surface area contributed by atoms with Crippen molar-refractivity contribution in [3.63, 3.8) is 0 Å². The molecule has 1 N–H and O–H groups in total. The number of methoxy groups -OCH3 is 1. The van der Waals surface area contributed by atoms with Crippen LogP contribution in [0.3, 0.4) is 0 Å². The zero-order chi connectivity index (χ0) is 9.97. The number of nitrogens with zero attached hydrogens (tertiary/aromatic N) is 3. The van der Waals surface area contributed by atoms with Gasteiger partial charge in [-0.15, -0.1) is 5.10 Å². The number of aromatic nitrogens is 3. The fourth-order valence-electron chi connectivity index (χ4n) is 1.52. The van der Waals surface area contributed by atoms with Crippen LogP contribution in [0.4, 0.5) is 0 Å². The Bertz CT molecular complexity index is 330. The molecule has 0 spiro atoms. The molecule has 6 heteroatoms. The molecule has 0 amide bonds. The quantitative estimate of drug-likeness (QED) is 0.652. The second-order valence-electron chi connectivity index (χ2n) is 3.22. The summed E-state index contributed by atoms with van der Waals surface area (Å²) in [6, 6.07) is 0.306.